The number of rotatable bonds is 5. The van der Waals surface area contributed by atoms with Gasteiger partial charge in [-0.1, -0.05) is 29.8 Å². The second-order valence-corrected chi connectivity index (χ2v) is 5.92. The monoisotopic (exact) mass is 337 g/mol. The molecule has 1 atom stereocenters. The number of nitrogens with one attached hydrogen (secondary N) is 1. The van der Waals surface area contributed by atoms with Gasteiger partial charge in [-0.2, -0.15) is 0 Å². The number of hydrogen-bond acceptors (Lipinski definition) is 3. The quantitative estimate of drug-likeness (QED) is 0.785. The van der Waals surface area contributed by atoms with Gasteiger partial charge in [0.25, 0.3) is 0 Å². The van der Waals surface area contributed by atoms with Gasteiger partial charge < -0.3 is 15.5 Å². The molecule has 0 spiro atoms. The van der Waals surface area contributed by atoms with Crippen LogP contribution in [0.3, 0.4) is 0 Å². The van der Waals surface area contributed by atoms with E-state index in [-0.39, 0.29) is 24.6 Å². The van der Waals surface area contributed by atoms with Crippen molar-refractivity contribution >= 4 is 17.5 Å². The Bertz CT molecular complexity index is 701. The summed E-state index contributed by atoms with van der Waals surface area (Å²) in [7, 11) is 0. The lowest BCUT2D eigenvalue weighted by molar-refractivity contribution is -0.121. The van der Waals surface area contributed by atoms with E-state index in [4.69, 9.17) is 11.6 Å². The minimum atomic E-state index is -1.32. The summed E-state index contributed by atoms with van der Waals surface area (Å²) in [6.07, 6.45) is 0.0264. The Hall–Kier alpha value is -2.11. The Labute approximate surface area is 138 Å². The number of carbonyl (C=O) groups is 1. The van der Waals surface area contributed by atoms with Crippen LogP contribution in [0.4, 0.5) is 4.39 Å². The van der Waals surface area contributed by atoms with Gasteiger partial charge in [0.05, 0.1) is 13.0 Å². The number of phenolic OH excluding ortho intramolecular Hbond substituents is 1. The number of phenols is 1. The maximum absolute atomic E-state index is 12.9. The molecule has 23 heavy (non-hydrogen) atoms. The Morgan fingerprint density at radius 1 is 1.26 bits per heavy atom. The molecule has 0 unspecified atom stereocenters. The summed E-state index contributed by atoms with van der Waals surface area (Å²) >= 11 is 5.95. The van der Waals surface area contributed by atoms with Gasteiger partial charge in [0.15, 0.2) is 0 Å². The normalized spacial score (nSPS) is 13.4. The average molecular weight is 338 g/mol. The summed E-state index contributed by atoms with van der Waals surface area (Å²) in [5.41, 5.74) is -0.243. The van der Waals surface area contributed by atoms with Crippen molar-refractivity contribution in [2.24, 2.45) is 0 Å². The summed E-state index contributed by atoms with van der Waals surface area (Å²) in [6, 6.07) is 9.82. The van der Waals surface area contributed by atoms with Gasteiger partial charge in [0.1, 0.15) is 17.2 Å². The number of halogens is 2. The second kappa shape index (κ2) is 6.98. The summed E-state index contributed by atoms with van der Waals surface area (Å²) in [5.74, 6) is -0.686. The third kappa shape index (κ3) is 4.68. The highest BCUT2D eigenvalue weighted by atomic mass is 35.5. The van der Waals surface area contributed by atoms with Crippen molar-refractivity contribution in [2.75, 3.05) is 6.54 Å². The van der Waals surface area contributed by atoms with Crippen LogP contribution in [-0.4, -0.2) is 22.7 Å². The van der Waals surface area contributed by atoms with Gasteiger partial charge in [-0.15, -0.1) is 0 Å². The summed E-state index contributed by atoms with van der Waals surface area (Å²) in [6.45, 7) is 1.52. The third-order valence-electron chi connectivity index (χ3n) is 3.48. The zero-order valence-electron chi connectivity index (χ0n) is 12.5. The van der Waals surface area contributed by atoms with Crippen LogP contribution in [0.1, 0.15) is 18.1 Å². The number of benzene rings is 2. The SMILES string of the molecule is C[C@](O)(CNC(=O)Cc1ccc(O)cc1Cl)c1ccc(F)cc1. The first-order chi connectivity index (χ1) is 10.8. The fourth-order valence-corrected chi connectivity index (χ4v) is 2.34. The van der Waals surface area contributed by atoms with E-state index in [2.05, 4.69) is 5.32 Å². The molecule has 122 valence electrons. The number of hydrogen-bond donors (Lipinski definition) is 3. The molecule has 2 rings (SSSR count). The molecule has 0 aliphatic carbocycles. The Kier molecular flexibility index (Phi) is 5.23. The minimum absolute atomic E-state index is 0.0207. The highest BCUT2D eigenvalue weighted by Crippen LogP contribution is 2.22. The molecule has 0 aromatic heterocycles. The van der Waals surface area contributed by atoms with Crippen LogP contribution >= 0.6 is 11.6 Å². The van der Waals surface area contributed by atoms with Crippen LogP contribution in [0, 0.1) is 5.82 Å². The maximum Gasteiger partial charge on any atom is 0.224 e. The van der Waals surface area contributed by atoms with Gasteiger partial charge in [-0.05, 0) is 42.3 Å². The Morgan fingerprint density at radius 2 is 1.91 bits per heavy atom. The average Bonchev–Trinajstić information content (AvgIpc) is 2.49. The van der Waals surface area contributed by atoms with E-state index in [0.717, 1.165) is 0 Å². The van der Waals surface area contributed by atoms with E-state index in [1.807, 2.05) is 0 Å². The van der Waals surface area contributed by atoms with Gasteiger partial charge in [-0.25, -0.2) is 4.39 Å². The van der Waals surface area contributed by atoms with Crippen molar-refractivity contribution in [3.8, 4) is 5.75 Å². The summed E-state index contributed by atoms with van der Waals surface area (Å²) in [5, 5.41) is 22.6. The molecule has 0 saturated heterocycles. The Balaban J connectivity index is 1.96. The Morgan fingerprint density at radius 3 is 2.52 bits per heavy atom. The molecule has 0 fully saturated rings. The van der Waals surface area contributed by atoms with Crippen molar-refractivity contribution in [3.05, 3.63) is 64.4 Å². The molecule has 0 bridgehead atoms. The highest BCUT2D eigenvalue weighted by Gasteiger charge is 2.24. The second-order valence-electron chi connectivity index (χ2n) is 5.51. The molecule has 0 heterocycles. The lowest BCUT2D eigenvalue weighted by Crippen LogP contribution is -2.39. The topological polar surface area (TPSA) is 69.6 Å². The molecule has 0 saturated carbocycles. The number of aliphatic hydroxyl groups is 1. The van der Waals surface area contributed by atoms with Crippen molar-refractivity contribution in [2.45, 2.75) is 18.9 Å². The predicted molar refractivity (Wildman–Crippen MR) is 85.8 cm³/mol. The van der Waals surface area contributed by atoms with Crippen LogP contribution < -0.4 is 5.32 Å². The molecule has 2 aromatic rings. The molecular formula is C17H17ClFNO3. The van der Waals surface area contributed by atoms with Gasteiger partial charge in [0.2, 0.25) is 5.91 Å². The molecule has 0 aliphatic heterocycles. The number of aromatic hydroxyl groups is 1. The van der Waals surface area contributed by atoms with E-state index < -0.39 is 11.4 Å². The third-order valence-corrected chi connectivity index (χ3v) is 3.84. The van der Waals surface area contributed by atoms with Crippen molar-refractivity contribution < 1.29 is 19.4 Å². The number of carbonyl (C=O) groups excluding carboxylic acids is 1. The van der Waals surface area contributed by atoms with Crippen molar-refractivity contribution in [1.29, 1.82) is 0 Å². The smallest absolute Gasteiger partial charge is 0.224 e. The van der Waals surface area contributed by atoms with Crippen LogP contribution in [0.25, 0.3) is 0 Å². The molecule has 0 aliphatic rings. The fraction of sp³-hybridized carbons (Fsp3) is 0.235. The molecule has 3 N–H and O–H groups in total. The first-order valence-electron chi connectivity index (χ1n) is 7.00. The zero-order valence-corrected chi connectivity index (χ0v) is 13.3. The van der Waals surface area contributed by atoms with Gasteiger partial charge in [0, 0.05) is 5.02 Å². The summed E-state index contributed by atoms with van der Waals surface area (Å²) in [4.78, 5) is 12.0. The standard InChI is InChI=1S/C17H17ClFNO3/c1-17(23,12-3-5-13(19)6-4-12)10-20-16(22)8-11-2-7-14(21)9-15(11)18/h2-7,9,21,23H,8,10H2,1H3,(H,20,22)/t17-/m0/s1. The molecule has 2 aromatic carbocycles. The van der Waals surface area contributed by atoms with Crippen LogP contribution in [0.2, 0.25) is 5.02 Å². The lowest BCUT2D eigenvalue weighted by Gasteiger charge is -2.24. The first kappa shape index (κ1) is 17.2. The minimum Gasteiger partial charge on any atom is -0.508 e. The van der Waals surface area contributed by atoms with E-state index in [1.165, 1.54) is 43.3 Å². The first-order valence-corrected chi connectivity index (χ1v) is 7.38. The van der Waals surface area contributed by atoms with Crippen LogP contribution in [0.15, 0.2) is 42.5 Å². The van der Waals surface area contributed by atoms with E-state index >= 15 is 0 Å². The van der Waals surface area contributed by atoms with Gasteiger partial charge >= 0.3 is 0 Å². The largest absolute Gasteiger partial charge is 0.508 e. The van der Waals surface area contributed by atoms with Crippen molar-refractivity contribution in [1.82, 2.24) is 5.32 Å². The van der Waals surface area contributed by atoms with E-state index in [0.29, 0.717) is 16.1 Å². The maximum atomic E-state index is 12.9. The van der Waals surface area contributed by atoms with E-state index in [1.54, 1.807) is 6.07 Å². The van der Waals surface area contributed by atoms with Crippen LogP contribution in [0.5, 0.6) is 5.75 Å². The molecule has 6 heteroatoms. The number of amides is 1. The predicted octanol–water partition coefficient (Wildman–Crippen LogP) is 2.75. The molecule has 1 amide bonds. The fourth-order valence-electron chi connectivity index (χ4n) is 2.10. The molecule has 0 radical (unpaired) electrons. The zero-order chi connectivity index (χ0) is 17.0. The van der Waals surface area contributed by atoms with Crippen molar-refractivity contribution in [3.63, 3.8) is 0 Å². The molecular weight excluding hydrogens is 321 g/mol. The van der Waals surface area contributed by atoms with E-state index in [9.17, 15) is 19.4 Å². The van der Waals surface area contributed by atoms with Crippen LogP contribution in [-0.2, 0) is 16.8 Å². The summed E-state index contributed by atoms with van der Waals surface area (Å²) < 4.78 is 12.9. The molecule has 4 nitrogen and oxygen atoms in total. The van der Waals surface area contributed by atoms with Gasteiger partial charge in [-0.3, -0.25) is 4.79 Å². The highest BCUT2D eigenvalue weighted by molar-refractivity contribution is 6.31. The lowest BCUT2D eigenvalue weighted by atomic mass is 9.96.